The molecule has 2 nitrogen and oxygen atoms in total. The van der Waals surface area contributed by atoms with Gasteiger partial charge in [0.1, 0.15) is 0 Å². The van der Waals surface area contributed by atoms with Crippen molar-refractivity contribution >= 4 is 11.3 Å². The van der Waals surface area contributed by atoms with Crippen LogP contribution in [-0.4, -0.2) is 24.4 Å². The molecule has 0 aromatic carbocycles. The maximum Gasteiger partial charge on any atom is 0.0872 e. The molecule has 0 aliphatic carbocycles. The second-order valence-electron chi connectivity index (χ2n) is 3.37. The van der Waals surface area contributed by atoms with Gasteiger partial charge in [-0.1, -0.05) is 6.92 Å². The lowest BCUT2D eigenvalue weighted by molar-refractivity contribution is 0.125. The van der Waals surface area contributed by atoms with Crippen molar-refractivity contribution in [3.63, 3.8) is 0 Å². The standard InChI is InChI=1S/C10H14O2S/c1-2-7-3-4-10(13-7)8-5-12-6-9(8)11/h3-4,8-9,11H,2,5-6H2,1H3. The highest BCUT2D eigenvalue weighted by Gasteiger charge is 2.28. The summed E-state index contributed by atoms with van der Waals surface area (Å²) in [5.41, 5.74) is 0. The minimum Gasteiger partial charge on any atom is -0.390 e. The third-order valence-corrected chi connectivity index (χ3v) is 3.81. The van der Waals surface area contributed by atoms with Crippen molar-refractivity contribution in [1.29, 1.82) is 0 Å². The van der Waals surface area contributed by atoms with Gasteiger partial charge in [-0.3, -0.25) is 0 Å². The van der Waals surface area contributed by atoms with E-state index in [0.29, 0.717) is 13.2 Å². The third kappa shape index (κ3) is 1.77. The normalized spacial score (nSPS) is 28.2. The Hall–Kier alpha value is -0.380. The van der Waals surface area contributed by atoms with E-state index in [0.717, 1.165) is 6.42 Å². The molecule has 1 N–H and O–H groups in total. The molecule has 2 unspecified atom stereocenters. The van der Waals surface area contributed by atoms with Crippen LogP contribution in [0.4, 0.5) is 0 Å². The molecule has 0 bridgehead atoms. The van der Waals surface area contributed by atoms with Gasteiger partial charge in [0.25, 0.3) is 0 Å². The van der Waals surface area contributed by atoms with Crippen LogP contribution >= 0.6 is 11.3 Å². The molecule has 72 valence electrons. The van der Waals surface area contributed by atoms with Crippen LogP contribution in [0.25, 0.3) is 0 Å². The number of hydrogen-bond donors (Lipinski definition) is 1. The number of rotatable bonds is 2. The van der Waals surface area contributed by atoms with E-state index in [1.54, 1.807) is 11.3 Å². The largest absolute Gasteiger partial charge is 0.390 e. The molecule has 2 atom stereocenters. The summed E-state index contributed by atoms with van der Waals surface area (Å²) in [6.07, 6.45) is 0.775. The van der Waals surface area contributed by atoms with Gasteiger partial charge in [-0.15, -0.1) is 11.3 Å². The molecule has 1 saturated heterocycles. The van der Waals surface area contributed by atoms with E-state index in [-0.39, 0.29) is 12.0 Å². The molecule has 1 aromatic heterocycles. The minimum atomic E-state index is -0.302. The summed E-state index contributed by atoms with van der Waals surface area (Å²) in [4.78, 5) is 2.65. The summed E-state index contributed by atoms with van der Waals surface area (Å²) in [5.74, 6) is 0.213. The molecule has 0 amide bonds. The topological polar surface area (TPSA) is 29.5 Å². The third-order valence-electron chi connectivity index (χ3n) is 2.45. The van der Waals surface area contributed by atoms with Crippen LogP contribution in [0, 0.1) is 0 Å². The summed E-state index contributed by atoms with van der Waals surface area (Å²) in [7, 11) is 0. The Morgan fingerprint density at radius 3 is 2.92 bits per heavy atom. The lowest BCUT2D eigenvalue weighted by Crippen LogP contribution is -2.14. The molecule has 0 radical (unpaired) electrons. The van der Waals surface area contributed by atoms with Crippen LogP contribution in [0.3, 0.4) is 0 Å². The van der Waals surface area contributed by atoms with Gasteiger partial charge in [-0.05, 0) is 18.6 Å². The van der Waals surface area contributed by atoms with Crippen molar-refractivity contribution < 1.29 is 9.84 Å². The van der Waals surface area contributed by atoms with E-state index in [2.05, 4.69) is 19.1 Å². The smallest absolute Gasteiger partial charge is 0.0872 e. The Morgan fingerprint density at radius 1 is 1.54 bits per heavy atom. The average molecular weight is 198 g/mol. The van der Waals surface area contributed by atoms with Crippen LogP contribution in [0.5, 0.6) is 0 Å². The summed E-state index contributed by atoms with van der Waals surface area (Å²) >= 11 is 1.79. The molecular weight excluding hydrogens is 184 g/mol. The Bertz CT molecular complexity index is 282. The van der Waals surface area contributed by atoms with Gasteiger partial charge in [-0.25, -0.2) is 0 Å². The molecule has 2 heterocycles. The van der Waals surface area contributed by atoms with Gasteiger partial charge < -0.3 is 9.84 Å². The zero-order valence-corrected chi connectivity index (χ0v) is 8.51. The van der Waals surface area contributed by atoms with E-state index in [1.165, 1.54) is 9.75 Å². The van der Waals surface area contributed by atoms with Crippen molar-refractivity contribution in [2.24, 2.45) is 0 Å². The predicted octanol–water partition coefficient (Wildman–Crippen LogP) is 1.79. The first-order valence-corrected chi connectivity index (χ1v) is 5.47. The Morgan fingerprint density at radius 2 is 2.38 bits per heavy atom. The monoisotopic (exact) mass is 198 g/mol. The van der Waals surface area contributed by atoms with Crippen molar-refractivity contribution in [2.45, 2.75) is 25.4 Å². The molecule has 2 rings (SSSR count). The lowest BCUT2D eigenvalue weighted by Gasteiger charge is -2.08. The van der Waals surface area contributed by atoms with E-state index in [9.17, 15) is 5.11 Å². The SMILES string of the molecule is CCc1ccc(C2COCC2O)s1. The fraction of sp³-hybridized carbons (Fsp3) is 0.600. The Balaban J connectivity index is 2.15. The maximum absolute atomic E-state index is 9.61. The first-order chi connectivity index (χ1) is 6.31. The highest BCUT2D eigenvalue weighted by Crippen LogP contribution is 2.31. The molecule has 1 fully saturated rings. The molecular formula is C10H14O2S. The first-order valence-electron chi connectivity index (χ1n) is 4.65. The summed E-state index contributed by atoms with van der Waals surface area (Å²) in [5, 5.41) is 9.61. The molecule has 0 saturated carbocycles. The first kappa shape index (κ1) is 9.19. The average Bonchev–Trinajstić information content (AvgIpc) is 2.71. The van der Waals surface area contributed by atoms with Crippen molar-refractivity contribution in [3.05, 3.63) is 21.9 Å². The van der Waals surface area contributed by atoms with Crippen molar-refractivity contribution in [2.75, 3.05) is 13.2 Å². The van der Waals surface area contributed by atoms with Gasteiger partial charge in [-0.2, -0.15) is 0 Å². The van der Waals surface area contributed by atoms with Crippen LogP contribution < -0.4 is 0 Å². The zero-order chi connectivity index (χ0) is 9.26. The van der Waals surface area contributed by atoms with Crippen LogP contribution in [-0.2, 0) is 11.2 Å². The van der Waals surface area contributed by atoms with Crippen molar-refractivity contribution in [3.8, 4) is 0 Å². The minimum absolute atomic E-state index is 0.213. The van der Waals surface area contributed by atoms with E-state index >= 15 is 0 Å². The lowest BCUT2D eigenvalue weighted by atomic mass is 10.1. The van der Waals surface area contributed by atoms with E-state index in [4.69, 9.17) is 4.74 Å². The van der Waals surface area contributed by atoms with Gasteiger partial charge >= 0.3 is 0 Å². The van der Waals surface area contributed by atoms with E-state index in [1.807, 2.05) is 0 Å². The predicted molar refractivity (Wildman–Crippen MR) is 53.3 cm³/mol. The van der Waals surface area contributed by atoms with E-state index < -0.39 is 0 Å². The molecule has 13 heavy (non-hydrogen) atoms. The fourth-order valence-corrected chi connectivity index (χ4v) is 2.69. The van der Waals surface area contributed by atoms with Crippen LogP contribution in [0.1, 0.15) is 22.6 Å². The summed E-state index contributed by atoms with van der Waals surface area (Å²) in [6.45, 7) is 3.31. The molecule has 3 heteroatoms. The van der Waals surface area contributed by atoms with Crippen molar-refractivity contribution in [1.82, 2.24) is 0 Å². The van der Waals surface area contributed by atoms with Gasteiger partial charge in [0.15, 0.2) is 0 Å². The fourth-order valence-electron chi connectivity index (χ4n) is 1.60. The summed E-state index contributed by atoms with van der Waals surface area (Å²) in [6, 6.07) is 4.26. The number of aliphatic hydroxyl groups is 1. The molecule has 0 spiro atoms. The second-order valence-corrected chi connectivity index (χ2v) is 4.57. The maximum atomic E-state index is 9.61. The summed E-state index contributed by atoms with van der Waals surface area (Å²) < 4.78 is 5.22. The molecule has 1 aromatic rings. The zero-order valence-electron chi connectivity index (χ0n) is 7.69. The van der Waals surface area contributed by atoms with Gasteiger partial charge in [0, 0.05) is 15.7 Å². The molecule has 1 aliphatic rings. The Labute approximate surface area is 82.2 Å². The molecule has 1 aliphatic heterocycles. The van der Waals surface area contributed by atoms with Gasteiger partial charge in [0.2, 0.25) is 0 Å². The Kier molecular flexibility index (Phi) is 2.67. The highest BCUT2D eigenvalue weighted by atomic mass is 32.1. The quantitative estimate of drug-likeness (QED) is 0.785. The number of hydrogen-bond acceptors (Lipinski definition) is 3. The number of aryl methyl sites for hydroxylation is 1. The highest BCUT2D eigenvalue weighted by molar-refractivity contribution is 7.12. The number of thiophene rings is 1. The van der Waals surface area contributed by atoms with Gasteiger partial charge in [0.05, 0.1) is 19.3 Å². The van der Waals surface area contributed by atoms with Crippen LogP contribution in [0.15, 0.2) is 12.1 Å². The van der Waals surface area contributed by atoms with Crippen LogP contribution in [0.2, 0.25) is 0 Å². The number of aliphatic hydroxyl groups excluding tert-OH is 1. The second kappa shape index (κ2) is 3.78. The number of ether oxygens (including phenoxy) is 1.